The maximum Gasteiger partial charge on any atom is 0.224 e. The highest BCUT2D eigenvalue weighted by Crippen LogP contribution is 2.35. The third-order valence-electron chi connectivity index (χ3n) is 5.80. The van der Waals surface area contributed by atoms with E-state index in [2.05, 4.69) is 32.4 Å². The maximum absolute atomic E-state index is 11.1. The van der Waals surface area contributed by atoms with Crippen LogP contribution in [0.4, 0.5) is 17.5 Å². The standard InChI is InChI=1S/C20H31N5O/c1-2-6-15-9-10-16(13-15)11-12-21-19-18(25-26)14-22-20(24-19)23-17-7-4-3-5-8-17/h2,14-17H,1,3-13H2,(H2,21,22,23,24). The van der Waals surface area contributed by atoms with Gasteiger partial charge in [0.05, 0.1) is 6.20 Å². The summed E-state index contributed by atoms with van der Waals surface area (Å²) in [4.78, 5) is 19.8. The summed E-state index contributed by atoms with van der Waals surface area (Å²) in [6.45, 7) is 4.66. The van der Waals surface area contributed by atoms with E-state index >= 15 is 0 Å². The Balaban J connectivity index is 1.51. The van der Waals surface area contributed by atoms with Crippen LogP contribution >= 0.6 is 0 Å². The zero-order valence-electron chi connectivity index (χ0n) is 15.6. The summed E-state index contributed by atoms with van der Waals surface area (Å²) in [7, 11) is 0. The molecule has 1 heterocycles. The van der Waals surface area contributed by atoms with E-state index in [1.165, 1.54) is 44.7 Å². The van der Waals surface area contributed by atoms with Gasteiger partial charge in [0.15, 0.2) is 11.5 Å². The molecule has 2 unspecified atom stereocenters. The first-order valence-corrected chi connectivity index (χ1v) is 10.1. The van der Waals surface area contributed by atoms with Gasteiger partial charge in [-0.2, -0.15) is 4.98 Å². The number of nitroso groups, excluding NO2 is 1. The van der Waals surface area contributed by atoms with Crippen molar-refractivity contribution in [2.24, 2.45) is 17.0 Å². The van der Waals surface area contributed by atoms with Crippen LogP contribution in [0.2, 0.25) is 0 Å². The zero-order valence-corrected chi connectivity index (χ0v) is 15.6. The SMILES string of the molecule is C=CCC1CCC(CCNc2nc(NC3CCCCC3)ncc2N=O)C1. The molecule has 142 valence electrons. The Morgan fingerprint density at radius 2 is 2.00 bits per heavy atom. The summed E-state index contributed by atoms with van der Waals surface area (Å²) in [5.74, 6) is 2.70. The van der Waals surface area contributed by atoms with Gasteiger partial charge in [0.1, 0.15) is 0 Å². The normalized spacial score (nSPS) is 23.5. The van der Waals surface area contributed by atoms with Gasteiger partial charge in [-0.05, 0) is 55.5 Å². The van der Waals surface area contributed by atoms with Gasteiger partial charge in [-0.15, -0.1) is 11.5 Å². The second-order valence-electron chi connectivity index (χ2n) is 7.78. The summed E-state index contributed by atoms with van der Waals surface area (Å²) in [6.07, 6.45) is 15.8. The fourth-order valence-corrected chi connectivity index (χ4v) is 4.36. The van der Waals surface area contributed by atoms with E-state index in [0.717, 1.165) is 44.1 Å². The number of rotatable bonds is 9. The van der Waals surface area contributed by atoms with Gasteiger partial charge >= 0.3 is 0 Å². The molecule has 2 N–H and O–H groups in total. The van der Waals surface area contributed by atoms with Crippen molar-refractivity contribution in [1.82, 2.24) is 9.97 Å². The van der Waals surface area contributed by atoms with E-state index in [0.29, 0.717) is 17.8 Å². The number of nitrogens with zero attached hydrogens (tertiary/aromatic N) is 3. The Labute approximate surface area is 156 Å². The number of anilines is 2. The fraction of sp³-hybridized carbons (Fsp3) is 0.700. The lowest BCUT2D eigenvalue weighted by Crippen LogP contribution is -2.23. The van der Waals surface area contributed by atoms with Gasteiger partial charge in [0, 0.05) is 12.6 Å². The first-order valence-electron chi connectivity index (χ1n) is 10.1. The number of allylic oxidation sites excluding steroid dienone is 1. The van der Waals surface area contributed by atoms with E-state index in [4.69, 9.17) is 0 Å². The molecule has 2 atom stereocenters. The second-order valence-corrected chi connectivity index (χ2v) is 7.78. The smallest absolute Gasteiger partial charge is 0.224 e. The molecular formula is C20H31N5O. The summed E-state index contributed by atoms with van der Waals surface area (Å²) >= 11 is 0. The van der Waals surface area contributed by atoms with E-state index < -0.39 is 0 Å². The minimum absolute atomic E-state index is 0.287. The molecule has 2 aliphatic carbocycles. The van der Waals surface area contributed by atoms with Crippen molar-refractivity contribution < 1.29 is 0 Å². The lowest BCUT2D eigenvalue weighted by molar-refractivity contribution is 0.461. The van der Waals surface area contributed by atoms with Gasteiger partial charge in [0.25, 0.3) is 0 Å². The topological polar surface area (TPSA) is 79.3 Å². The Kier molecular flexibility index (Phi) is 6.97. The monoisotopic (exact) mass is 357 g/mol. The predicted molar refractivity (Wildman–Crippen MR) is 107 cm³/mol. The molecule has 1 aromatic heterocycles. The van der Waals surface area contributed by atoms with Crippen molar-refractivity contribution >= 4 is 17.5 Å². The molecule has 6 heteroatoms. The maximum atomic E-state index is 11.1. The van der Waals surface area contributed by atoms with Crippen LogP contribution in [-0.2, 0) is 0 Å². The summed E-state index contributed by atoms with van der Waals surface area (Å²) < 4.78 is 0. The lowest BCUT2D eigenvalue weighted by atomic mass is 9.96. The zero-order chi connectivity index (χ0) is 18.2. The van der Waals surface area contributed by atoms with Crippen molar-refractivity contribution in [3.8, 4) is 0 Å². The lowest BCUT2D eigenvalue weighted by Gasteiger charge is -2.23. The number of hydrogen-bond acceptors (Lipinski definition) is 6. The molecule has 0 radical (unpaired) electrons. The van der Waals surface area contributed by atoms with Crippen molar-refractivity contribution in [1.29, 1.82) is 0 Å². The van der Waals surface area contributed by atoms with Crippen LogP contribution in [0.3, 0.4) is 0 Å². The Bertz CT molecular complexity index is 600. The van der Waals surface area contributed by atoms with E-state index in [1.807, 2.05) is 6.08 Å². The molecule has 2 fully saturated rings. The minimum Gasteiger partial charge on any atom is -0.368 e. The third kappa shape index (κ3) is 5.26. The molecule has 2 saturated carbocycles. The summed E-state index contributed by atoms with van der Waals surface area (Å²) in [5, 5.41) is 9.79. The first-order chi connectivity index (χ1) is 12.8. The minimum atomic E-state index is 0.287. The molecule has 0 amide bonds. The molecule has 0 saturated heterocycles. The first kappa shape index (κ1) is 18.8. The largest absolute Gasteiger partial charge is 0.368 e. The van der Waals surface area contributed by atoms with Crippen LogP contribution in [0, 0.1) is 16.7 Å². The molecule has 2 aliphatic rings. The molecule has 0 aliphatic heterocycles. The van der Waals surface area contributed by atoms with Crippen molar-refractivity contribution in [3.05, 3.63) is 23.8 Å². The molecule has 26 heavy (non-hydrogen) atoms. The van der Waals surface area contributed by atoms with E-state index in [1.54, 1.807) is 0 Å². The fourth-order valence-electron chi connectivity index (χ4n) is 4.36. The van der Waals surface area contributed by atoms with Crippen LogP contribution in [-0.4, -0.2) is 22.6 Å². The van der Waals surface area contributed by atoms with E-state index in [9.17, 15) is 4.91 Å². The summed E-state index contributed by atoms with van der Waals surface area (Å²) in [6, 6.07) is 0.437. The average Bonchev–Trinajstić information content (AvgIpc) is 3.11. The van der Waals surface area contributed by atoms with Crippen LogP contribution < -0.4 is 10.6 Å². The predicted octanol–water partition coefficient (Wildman–Crippen LogP) is 5.41. The Morgan fingerprint density at radius 3 is 2.77 bits per heavy atom. The number of hydrogen-bond donors (Lipinski definition) is 2. The highest BCUT2D eigenvalue weighted by Gasteiger charge is 2.23. The molecule has 3 rings (SSSR count). The van der Waals surface area contributed by atoms with Gasteiger partial charge in [-0.3, -0.25) is 0 Å². The van der Waals surface area contributed by atoms with Crippen LogP contribution in [0.25, 0.3) is 0 Å². The molecule has 0 bridgehead atoms. The van der Waals surface area contributed by atoms with Crippen LogP contribution in [0.1, 0.15) is 64.2 Å². The molecule has 0 spiro atoms. The van der Waals surface area contributed by atoms with Crippen molar-refractivity contribution in [2.75, 3.05) is 17.2 Å². The average molecular weight is 358 g/mol. The number of nitrogens with one attached hydrogen (secondary N) is 2. The Hall–Kier alpha value is -1.98. The number of aromatic nitrogens is 2. The van der Waals surface area contributed by atoms with Gasteiger partial charge < -0.3 is 10.6 Å². The highest BCUT2D eigenvalue weighted by molar-refractivity contribution is 5.60. The Morgan fingerprint density at radius 1 is 1.19 bits per heavy atom. The quantitative estimate of drug-likeness (QED) is 0.456. The van der Waals surface area contributed by atoms with Gasteiger partial charge in [0.2, 0.25) is 5.95 Å². The van der Waals surface area contributed by atoms with Crippen LogP contribution in [0.15, 0.2) is 24.0 Å². The van der Waals surface area contributed by atoms with Gasteiger partial charge in [-0.1, -0.05) is 31.8 Å². The van der Waals surface area contributed by atoms with Crippen LogP contribution in [0.5, 0.6) is 0 Å². The van der Waals surface area contributed by atoms with Crippen molar-refractivity contribution in [2.45, 2.75) is 70.3 Å². The molecular weight excluding hydrogens is 326 g/mol. The molecule has 0 aromatic carbocycles. The molecule has 1 aromatic rings. The second kappa shape index (κ2) is 9.64. The third-order valence-corrected chi connectivity index (χ3v) is 5.80. The van der Waals surface area contributed by atoms with Crippen molar-refractivity contribution in [3.63, 3.8) is 0 Å². The molecule has 6 nitrogen and oxygen atoms in total. The summed E-state index contributed by atoms with van der Waals surface area (Å²) in [5.41, 5.74) is 0.287. The van der Waals surface area contributed by atoms with Gasteiger partial charge in [-0.25, -0.2) is 4.98 Å². The van der Waals surface area contributed by atoms with E-state index in [-0.39, 0.29) is 5.69 Å². The highest BCUT2D eigenvalue weighted by atomic mass is 16.3.